The van der Waals surface area contributed by atoms with Crippen LogP contribution >= 0.6 is 0 Å². The topological polar surface area (TPSA) is 47.9 Å². The summed E-state index contributed by atoms with van der Waals surface area (Å²) in [6.45, 7) is -1.79. The highest BCUT2D eigenvalue weighted by Crippen LogP contribution is 2.28. The zero-order valence-electron chi connectivity index (χ0n) is 28.4. The fourth-order valence-electron chi connectivity index (χ4n) is 1.85. The van der Waals surface area contributed by atoms with Gasteiger partial charge < -0.3 is 19.3 Å². The van der Waals surface area contributed by atoms with E-state index in [2.05, 4.69) is 4.74 Å². The molecule has 1 atom stereocenters. The van der Waals surface area contributed by atoms with Crippen LogP contribution in [0.1, 0.15) is 50.9 Å². The lowest BCUT2D eigenvalue weighted by Gasteiger charge is -2.13. The number of rotatable bonds is 10. The zero-order valence-corrected chi connectivity index (χ0v) is 13.4. The van der Waals surface area contributed by atoms with E-state index in [1.807, 2.05) is 0 Å². The molecule has 0 aliphatic heterocycles. The highest BCUT2D eigenvalue weighted by molar-refractivity contribution is 5.42. The highest BCUT2D eigenvalue weighted by atomic mass is 16.5. The summed E-state index contributed by atoms with van der Waals surface area (Å²) in [6, 6.07) is 8.18. The van der Waals surface area contributed by atoms with Crippen molar-refractivity contribution in [2.75, 3.05) is 20.6 Å². The molecule has 0 saturated heterocycles. The summed E-state index contributed by atoms with van der Waals surface area (Å²) in [5, 5.41) is 10.7. The molecular formula is C21H28O4. The zero-order chi connectivity index (χ0) is 31.2. The van der Waals surface area contributed by atoms with E-state index in [0.29, 0.717) is 11.6 Å². The second-order valence-electron chi connectivity index (χ2n) is 4.89. The van der Waals surface area contributed by atoms with Crippen molar-refractivity contribution >= 4 is 0 Å². The second kappa shape index (κ2) is 9.94. The first kappa shape index (κ1) is 7.20. The summed E-state index contributed by atoms with van der Waals surface area (Å²) < 4.78 is 132. The van der Waals surface area contributed by atoms with E-state index in [-0.39, 0.29) is 5.75 Å². The summed E-state index contributed by atoms with van der Waals surface area (Å²) in [4.78, 5) is 0. The van der Waals surface area contributed by atoms with Gasteiger partial charge in [-0.05, 0) is 61.4 Å². The van der Waals surface area contributed by atoms with Crippen LogP contribution in [-0.4, -0.2) is 31.8 Å². The Morgan fingerprint density at radius 3 is 2.80 bits per heavy atom. The molecule has 0 amide bonds. The van der Waals surface area contributed by atoms with Crippen LogP contribution in [0.15, 0.2) is 42.5 Å². The Hall–Kier alpha value is -2.20. The van der Waals surface area contributed by atoms with E-state index in [0.717, 1.165) is 12.1 Å². The van der Waals surface area contributed by atoms with Gasteiger partial charge >= 0.3 is 0 Å². The van der Waals surface area contributed by atoms with Gasteiger partial charge in [-0.25, -0.2) is 0 Å². The van der Waals surface area contributed by atoms with E-state index < -0.39 is 69.3 Å². The summed E-state index contributed by atoms with van der Waals surface area (Å²) in [6.07, 6.45) is -15.3. The third-order valence-corrected chi connectivity index (χ3v) is 3.00. The molecule has 0 saturated carbocycles. The molecule has 0 spiro atoms. The quantitative estimate of drug-likeness (QED) is 0.692. The van der Waals surface area contributed by atoms with E-state index >= 15 is 0 Å². The maximum atomic E-state index is 10.7. The molecule has 1 N–H and O–H groups in total. The second-order valence-corrected chi connectivity index (χ2v) is 4.89. The minimum Gasteiger partial charge on any atom is -0.493 e. The third kappa shape index (κ3) is 6.31. The predicted octanol–water partition coefficient (Wildman–Crippen LogP) is 4.16. The Bertz CT molecular complexity index is 1190. The Morgan fingerprint density at radius 1 is 1.16 bits per heavy atom. The van der Waals surface area contributed by atoms with Gasteiger partial charge in [0.2, 0.25) is 0 Å². The van der Waals surface area contributed by atoms with Crippen molar-refractivity contribution in [3.63, 3.8) is 0 Å². The van der Waals surface area contributed by atoms with Gasteiger partial charge in [-0.3, -0.25) is 0 Å². The lowest BCUT2D eigenvalue weighted by Crippen LogP contribution is -2.17. The van der Waals surface area contributed by atoms with Gasteiger partial charge in [-0.2, -0.15) is 0 Å². The lowest BCUT2D eigenvalue weighted by atomic mass is 10.0. The minimum absolute atomic E-state index is 0.147. The van der Waals surface area contributed by atoms with Crippen LogP contribution in [0, 0.1) is 6.92 Å². The lowest BCUT2D eigenvalue weighted by molar-refractivity contribution is 0.0976. The number of aryl methyl sites for hydroxylation is 2. The Labute approximate surface area is 171 Å². The van der Waals surface area contributed by atoms with Crippen LogP contribution in [-0.2, 0) is 6.37 Å². The first-order valence-corrected chi connectivity index (χ1v) is 7.21. The summed E-state index contributed by atoms with van der Waals surface area (Å²) in [5.74, 6) is -1.53. The smallest absolute Gasteiger partial charge is 0.160 e. The van der Waals surface area contributed by atoms with Crippen molar-refractivity contribution in [2.45, 2.75) is 38.5 Å². The molecule has 4 heteroatoms. The number of hydrogen-bond donors (Lipinski definition) is 1. The molecule has 136 valence electrons. The van der Waals surface area contributed by atoms with Gasteiger partial charge in [-0.15, -0.1) is 0 Å². The van der Waals surface area contributed by atoms with Crippen LogP contribution in [0.5, 0.6) is 17.2 Å². The van der Waals surface area contributed by atoms with Gasteiger partial charge in [0.25, 0.3) is 0 Å². The molecular weight excluding hydrogens is 316 g/mol. The SMILES string of the molecule is [2H]C([2H])([2H])Oc1ccc(C([2H])([2H])C([2H])([2H])CC([2H])([2H])C([2H])(O)C([2H])([2H])Oc2cccc(C)c2)cc1OC([2H])([2H])[2H]. The summed E-state index contributed by atoms with van der Waals surface area (Å²) >= 11 is 0. The van der Waals surface area contributed by atoms with E-state index in [1.165, 1.54) is 18.2 Å². The first-order valence-electron chi connectivity index (χ1n) is 14.7. The number of hydrogen-bond acceptors (Lipinski definition) is 4. The molecule has 0 aliphatic carbocycles. The average Bonchev–Trinajstić information content (AvgIpc) is 2.71. The Morgan fingerprint density at radius 2 is 2.00 bits per heavy atom. The van der Waals surface area contributed by atoms with Crippen LogP contribution in [0.3, 0.4) is 0 Å². The molecule has 0 bridgehead atoms. The number of methoxy groups -OCH3 is 2. The Balaban J connectivity index is 2.45. The van der Waals surface area contributed by atoms with Gasteiger partial charge in [0.15, 0.2) is 11.5 Å². The molecule has 2 aromatic rings. The van der Waals surface area contributed by atoms with E-state index in [1.54, 1.807) is 13.0 Å². The average molecular weight is 360 g/mol. The van der Waals surface area contributed by atoms with Gasteiger partial charge in [0.1, 0.15) is 12.3 Å². The van der Waals surface area contributed by atoms with Crippen LogP contribution < -0.4 is 14.2 Å². The van der Waals surface area contributed by atoms with E-state index in [4.69, 9.17) is 30.0 Å². The molecule has 25 heavy (non-hydrogen) atoms. The normalized spacial score (nSPS) is 25.3. The third-order valence-electron chi connectivity index (χ3n) is 3.00. The van der Waals surface area contributed by atoms with Crippen molar-refractivity contribution in [2.24, 2.45) is 0 Å². The van der Waals surface area contributed by atoms with Crippen molar-refractivity contribution in [3.05, 3.63) is 53.6 Å². The maximum Gasteiger partial charge on any atom is 0.160 e. The van der Waals surface area contributed by atoms with Crippen LogP contribution in [0.2, 0.25) is 0 Å². The van der Waals surface area contributed by atoms with Gasteiger partial charge in [0.05, 0.1) is 32.5 Å². The molecule has 4 nitrogen and oxygen atoms in total. The predicted molar refractivity (Wildman–Crippen MR) is 99.8 cm³/mol. The molecule has 0 aliphatic rings. The van der Waals surface area contributed by atoms with Gasteiger partial charge in [0, 0.05) is 8.22 Å². The van der Waals surface area contributed by atoms with Gasteiger partial charge in [-0.1, -0.05) is 24.6 Å². The highest BCUT2D eigenvalue weighted by Gasteiger charge is 2.07. The first-order chi connectivity index (χ1) is 17.7. The number of aliphatic hydroxyl groups is 1. The molecule has 0 aromatic heterocycles. The monoisotopic (exact) mass is 359 g/mol. The van der Waals surface area contributed by atoms with Crippen molar-refractivity contribution in [1.29, 1.82) is 0 Å². The fourth-order valence-corrected chi connectivity index (χ4v) is 1.85. The molecule has 1 unspecified atom stereocenters. The standard InChI is InChI=1S/C21H28O4/c1-16-7-6-10-19(13-16)25-15-18(22)9-5-4-8-17-11-12-20(23-2)21(14-17)24-3/h6-7,10-14,18,22H,4-5,8-9,15H2,1-3H3/i2D3,3D3,4D2,8D2,9D2,15D2,18D. The minimum atomic E-state index is -3.76. The summed E-state index contributed by atoms with van der Waals surface area (Å²) in [7, 11) is -6.19. The molecule has 0 fully saturated rings. The molecule has 2 rings (SSSR count). The van der Waals surface area contributed by atoms with Crippen molar-refractivity contribution < 1.29 is 39.9 Å². The van der Waals surface area contributed by atoms with Crippen LogP contribution in [0.25, 0.3) is 0 Å². The van der Waals surface area contributed by atoms with Crippen molar-refractivity contribution in [1.82, 2.24) is 0 Å². The van der Waals surface area contributed by atoms with E-state index in [9.17, 15) is 5.11 Å². The maximum absolute atomic E-state index is 10.7. The fraction of sp³-hybridized carbons (Fsp3) is 0.429. The number of benzene rings is 2. The van der Waals surface area contributed by atoms with Crippen molar-refractivity contribution in [3.8, 4) is 17.2 Å². The summed E-state index contributed by atoms with van der Waals surface area (Å²) in [5.41, 5.74) is 0.00414. The number of ether oxygens (including phenoxy) is 3. The molecule has 0 radical (unpaired) electrons. The van der Waals surface area contributed by atoms with Crippen LogP contribution in [0.4, 0.5) is 0 Å². The molecule has 2 aromatic carbocycles. The Kier molecular flexibility index (Phi) is 2.86. The molecule has 0 heterocycles. The largest absolute Gasteiger partial charge is 0.493 e.